The number of hydrogen-bond donors (Lipinski definition) is 1. The van der Waals surface area contributed by atoms with Gasteiger partial charge in [0, 0.05) is 6.42 Å². The Hall–Kier alpha value is -0.790. The standard InChI is InChI=1S/C12H20O2/c13-11-9-7-5-3-1-2-4-6-8-10-12(11)14/h9,13H,1-8,10H2. The topological polar surface area (TPSA) is 37.3 Å². The molecule has 0 unspecified atom stereocenters. The minimum Gasteiger partial charge on any atom is -0.505 e. The molecular formula is C12H20O2. The first-order chi connectivity index (χ1) is 6.80. The van der Waals surface area contributed by atoms with Crippen LogP contribution < -0.4 is 0 Å². The van der Waals surface area contributed by atoms with Gasteiger partial charge >= 0.3 is 0 Å². The molecule has 1 aliphatic rings. The molecule has 80 valence electrons. The second kappa shape index (κ2) is 6.63. The molecule has 0 aromatic heterocycles. The zero-order valence-electron chi connectivity index (χ0n) is 8.80. The Bertz CT molecular complexity index is 206. The number of aliphatic hydroxyl groups is 1. The van der Waals surface area contributed by atoms with Crippen molar-refractivity contribution in [3.8, 4) is 0 Å². The van der Waals surface area contributed by atoms with E-state index in [1.165, 1.54) is 25.7 Å². The third kappa shape index (κ3) is 4.45. The lowest BCUT2D eigenvalue weighted by atomic mass is 10.0. The van der Waals surface area contributed by atoms with Gasteiger partial charge in [-0.15, -0.1) is 0 Å². The van der Waals surface area contributed by atoms with E-state index in [-0.39, 0.29) is 11.5 Å². The minimum absolute atomic E-state index is 0.00873. The number of ketones is 1. The summed E-state index contributed by atoms with van der Waals surface area (Å²) in [4.78, 5) is 11.3. The van der Waals surface area contributed by atoms with Crippen LogP contribution in [0.2, 0.25) is 0 Å². The molecule has 0 radical (unpaired) electrons. The van der Waals surface area contributed by atoms with Crippen molar-refractivity contribution < 1.29 is 9.90 Å². The van der Waals surface area contributed by atoms with E-state index in [9.17, 15) is 9.90 Å². The van der Waals surface area contributed by atoms with Gasteiger partial charge in [-0.05, 0) is 25.3 Å². The van der Waals surface area contributed by atoms with Gasteiger partial charge < -0.3 is 5.11 Å². The van der Waals surface area contributed by atoms with E-state index >= 15 is 0 Å². The van der Waals surface area contributed by atoms with E-state index in [0.29, 0.717) is 6.42 Å². The van der Waals surface area contributed by atoms with Crippen molar-refractivity contribution in [3.05, 3.63) is 11.8 Å². The number of hydrogen-bond acceptors (Lipinski definition) is 2. The fraction of sp³-hybridized carbons (Fsp3) is 0.750. The Morgan fingerprint density at radius 2 is 1.50 bits per heavy atom. The molecule has 0 heterocycles. The van der Waals surface area contributed by atoms with Crippen LogP contribution in [-0.4, -0.2) is 10.9 Å². The Kier molecular flexibility index (Phi) is 5.35. The van der Waals surface area contributed by atoms with Crippen molar-refractivity contribution in [2.45, 2.75) is 57.8 Å². The van der Waals surface area contributed by atoms with Crippen LogP contribution in [-0.2, 0) is 4.79 Å². The smallest absolute Gasteiger partial charge is 0.196 e. The summed E-state index contributed by atoms with van der Waals surface area (Å²) < 4.78 is 0. The Labute approximate surface area is 86.0 Å². The summed E-state index contributed by atoms with van der Waals surface area (Å²) in [6, 6.07) is 0. The molecule has 14 heavy (non-hydrogen) atoms. The maximum absolute atomic E-state index is 11.3. The van der Waals surface area contributed by atoms with E-state index in [2.05, 4.69) is 0 Å². The number of Topliss-reactive ketones (excluding diaryl/α,β-unsaturated/α-hetero) is 1. The van der Waals surface area contributed by atoms with Crippen LogP contribution in [0.25, 0.3) is 0 Å². The molecule has 0 saturated carbocycles. The van der Waals surface area contributed by atoms with Crippen LogP contribution in [0.5, 0.6) is 0 Å². The van der Waals surface area contributed by atoms with Gasteiger partial charge in [-0.25, -0.2) is 0 Å². The number of aliphatic hydroxyl groups excluding tert-OH is 1. The quantitative estimate of drug-likeness (QED) is 0.643. The van der Waals surface area contributed by atoms with E-state index in [0.717, 1.165) is 25.7 Å². The third-order valence-corrected chi connectivity index (χ3v) is 2.73. The summed E-state index contributed by atoms with van der Waals surface area (Å²) in [5.74, 6) is -0.0869. The van der Waals surface area contributed by atoms with Crippen LogP contribution in [0.15, 0.2) is 11.8 Å². The van der Waals surface area contributed by atoms with Crippen LogP contribution in [0.1, 0.15) is 57.8 Å². The van der Waals surface area contributed by atoms with Gasteiger partial charge in [0.25, 0.3) is 0 Å². The fourth-order valence-electron chi connectivity index (χ4n) is 1.79. The van der Waals surface area contributed by atoms with Crippen LogP contribution >= 0.6 is 0 Å². The maximum atomic E-state index is 11.3. The Morgan fingerprint density at radius 1 is 0.929 bits per heavy atom. The summed E-state index contributed by atoms with van der Waals surface area (Å²) >= 11 is 0. The summed E-state index contributed by atoms with van der Waals surface area (Å²) in [6.45, 7) is 0. The summed E-state index contributed by atoms with van der Waals surface area (Å²) in [7, 11) is 0. The van der Waals surface area contributed by atoms with E-state index in [1.807, 2.05) is 0 Å². The second-order valence-electron chi connectivity index (χ2n) is 4.03. The van der Waals surface area contributed by atoms with Gasteiger partial charge in [0.2, 0.25) is 0 Å². The number of carbonyl (C=O) groups excluding carboxylic acids is 1. The zero-order valence-corrected chi connectivity index (χ0v) is 8.80. The Balaban J connectivity index is 2.40. The average Bonchev–Trinajstić information content (AvgIpc) is 2.18. The molecule has 0 amide bonds. The van der Waals surface area contributed by atoms with Gasteiger partial charge in [-0.3, -0.25) is 4.79 Å². The van der Waals surface area contributed by atoms with E-state index in [4.69, 9.17) is 0 Å². The first kappa shape index (κ1) is 11.3. The molecule has 0 saturated heterocycles. The predicted molar refractivity (Wildman–Crippen MR) is 57.3 cm³/mol. The highest BCUT2D eigenvalue weighted by atomic mass is 16.3. The van der Waals surface area contributed by atoms with E-state index in [1.54, 1.807) is 6.08 Å². The lowest BCUT2D eigenvalue weighted by molar-refractivity contribution is -0.118. The summed E-state index contributed by atoms with van der Waals surface area (Å²) in [6.07, 6.45) is 11.2. The SMILES string of the molecule is O=C1CCCCCCCCCC=C1O. The number of carbonyl (C=O) groups is 1. The number of rotatable bonds is 0. The van der Waals surface area contributed by atoms with Gasteiger partial charge in [0.15, 0.2) is 11.5 Å². The molecule has 0 aromatic rings. The van der Waals surface area contributed by atoms with Crippen molar-refractivity contribution in [3.63, 3.8) is 0 Å². The number of allylic oxidation sites excluding steroid dienone is 2. The summed E-state index contributed by atoms with van der Waals surface area (Å²) in [5, 5.41) is 9.37. The van der Waals surface area contributed by atoms with Gasteiger partial charge in [0.05, 0.1) is 0 Å². The van der Waals surface area contributed by atoms with Crippen molar-refractivity contribution in [1.29, 1.82) is 0 Å². The third-order valence-electron chi connectivity index (χ3n) is 2.73. The first-order valence-corrected chi connectivity index (χ1v) is 5.73. The van der Waals surface area contributed by atoms with Crippen molar-refractivity contribution in [2.75, 3.05) is 0 Å². The monoisotopic (exact) mass is 196 g/mol. The molecule has 0 bridgehead atoms. The lowest BCUT2D eigenvalue weighted by Crippen LogP contribution is -2.02. The molecular weight excluding hydrogens is 176 g/mol. The molecule has 1 aliphatic carbocycles. The highest BCUT2D eigenvalue weighted by molar-refractivity contribution is 5.92. The average molecular weight is 196 g/mol. The molecule has 1 N–H and O–H groups in total. The zero-order chi connectivity index (χ0) is 10.2. The van der Waals surface area contributed by atoms with Gasteiger partial charge in [0.1, 0.15) is 0 Å². The fourth-order valence-corrected chi connectivity index (χ4v) is 1.79. The molecule has 0 spiro atoms. The molecule has 2 nitrogen and oxygen atoms in total. The molecule has 1 rings (SSSR count). The van der Waals surface area contributed by atoms with Crippen LogP contribution in [0, 0.1) is 0 Å². The second-order valence-corrected chi connectivity index (χ2v) is 4.03. The van der Waals surface area contributed by atoms with Crippen LogP contribution in [0.4, 0.5) is 0 Å². The van der Waals surface area contributed by atoms with E-state index < -0.39 is 0 Å². The van der Waals surface area contributed by atoms with Crippen molar-refractivity contribution in [1.82, 2.24) is 0 Å². The molecule has 0 fully saturated rings. The van der Waals surface area contributed by atoms with Gasteiger partial charge in [-0.1, -0.05) is 32.1 Å². The maximum Gasteiger partial charge on any atom is 0.196 e. The highest BCUT2D eigenvalue weighted by Gasteiger charge is 2.07. The molecule has 0 aromatic carbocycles. The summed E-state index contributed by atoms with van der Waals surface area (Å²) in [5.41, 5.74) is 0. The minimum atomic E-state index is -0.0782. The highest BCUT2D eigenvalue weighted by Crippen LogP contribution is 2.13. The van der Waals surface area contributed by atoms with Gasteiger partial charge in [-0.2, -0.15) is 0 Å². The molecule has 0 atom stereocenters. The Morgan fingerprint density at radius 3 is 2.21 bits per heavy atom. The molecule has 2 heteroatoms. The normalized spacial score (nSPS) is 22.0. The molecule has 0 aliphatic heterocycles. The lowest BCUT2D eigenvalue weighted by Gasteiger charge is -2.04. The van der Waals surface area contributed by atoms with Crippen molar-refractivity contribution >= 4 is 5.78 Å². The van der Waals surface area contributed by atoms with Crippen molar-refractivity contribution in [2.24, 2.45) is 0 Å². The first-order valence-electron chi connectivity index (χ1n) is 5.73. The predicted octanol–water partition coefficient (Wildman–Crippen LogP) is 3.52. The largest absolute Gasteiger partial charge is 0.505 e. The van der Waals surface area contributed by atoms with Crippen LogP contribution in [0.3, 0.4) is 0 Å².